The van der Waals surface area contributed by atoms with Gasteiger partial charge < -0.3 is 4.42 Å². The Hall–Kier alpha value is -7.43. The molecular formula is C51H33N3O. The molecule has 0 aliphatic heterocycles. The summed E-state index contributed by atoms with van der Waals surface area (Å²) in [4.78, 5) is 15.4. The summed E-state index contributed by atoms with van der Waals surface area (Å²) in [7, 11) is 0. The van der Waals surface area contributed by atoms with Gasteiger partial charge in [0, 0.05) is 33.0 Å². The Labute approximate surface area is 319 Å². The van der Waals surface area contributed by atoms with Crippen molar-refractivity contribution in [2.24, 2.45) is 0 Å². The van der Waals surface area contributed by atoms with E-state index < -0.39 is 0 Å². The predicted octanol–water partition coefficient (Wildman–Crippen LogP) is 13.4. The Morgan fingerprint density at radius 2 is 0.673 bits per heavy atom. The van der Waals surface area contributed by atoms with Crippen molar-refractivity contribution < 1.29 is 4.42 Å². The van der Waals surface area contributed by atoms with Gasteiger partial charge in [0.2, 0.25) is 0 Å². The number of nitrogens with zero attached hydrogens (tertiary/aromatic N) is 3. The number of furan rings is 1. The van der Waals surface area contributed by atoms with Gasteiger partial charge in [-0.25, -0.2) is 15.0 Å². The van der Waals surface area contributed by atoms with Crippen LogP contribution in [0, 0.1) is 0 Å². The smallest absolute Gasteiger partial charge is 0.164 e. The lowest BCUT2D eigenvalue weighted by molar-refractivity contribution is 0.670. The standard InChI is InChI=1S/C51H33N3O/c1-3-13-34(14-4-1)36-27-29-37(30-28-36)49-52-50(42-21-10-19-40(32-42)39-18-9-17-38(31-39)35-15-5-2-6-16-35)54-51(53-49)43-22-11-20-41(33-43)44-24-12-25-46-45-23-7-8-26-47(45)55-48(44)46/h1-33H. The van der Waals surface area contributed by atoms with Crippen molar-refractivity contribution in [3.8, 4) is 78.7 Å². The van der Waals surface area contributed by atoms with Gasteiger partial charge in [-0.2, -0.15) is 0 Å². The summed E-state index contributed by atoms with van der Waals surface area (Å²) < 4.78 is 6.42. The van der Waals surface area contributed by atoms with Crippen LogP contribution < -0.4 is 0 Å². The van der Waals surface area contributed by atoms with Crippen LogP contribution in [0.5, 0.6) is 0 Å². The van der Waals surface area contributed by atoms with Gasteiger partial charge >= 0.3 is 0 Å². The van der Waals surface area contributed by atoms with E-state index in [1.807, 2.05) is 30.3 Å². The molecule has 0 bridgehead atoms. The molecule has 4 heteroatoms. The summed E-state index contributed by atoms with van der Waals surface area (Å²) in [5.74, 6) is 1.82. The summed E-state index contributed by atoms with van der Waals surface area (Å²) in [6, 6.07) is 69.3. The molecule has 2 aromatic heterocycles. The van der Waals surface area contributed by atoms with Gasteiger partial charge in [0.1, 0.15) is 11.2 Å². The molecule has 0 atom stereocenters. The van der Waals surface area contributed by atoms with E-state index >= 15 is 0 Å². The van der Waals surface area contributed by atoms with Crippen molar-refractivity contribution >= 4 is 21.9 Å². The third-order valence-electron chi connectivity index (χ3n) is 10.1. The first-order valence-electron chi connectivity index (χ1n) is 18.4. The topological polar surface area (TPSA) is 51.8 Å². The fourth-order valence-corrected chi connectivity index (χ4v) is 7.35. The number of hydrogen-bond acceptors (Lipinski definition) is 4. The second-order valence-corrected chi connectivity index (χ2v) is 13.6. The van der Waals surface area contributed by atoms with Gasteiger partial charge in [0.05, 0.1) is 0 Å². The van der Waals surface area contributed by atoms with E-state index in [2.05, 4.69) is 170 Å². The number of fused-ring (bicyclic) bond motifs is 3. The highest BCUT2D eigenvalue weighted by Crippen LogP contribution is 2.37. The minimum Gasteiger partial charge on any atom is -0.455 e. The van der Waals surface area contributed by atoms with Crippen molar-refractivity contribution in [3.63, 3.8) is 0 Å². The van der Waals surface area contributed by atoms with Crippen LogP contribution in [0.2, 0.25) is 0 Å². The lowest BCUT2D eigenvalue weighted by Crippen LogP contribution is -2.00. The van der Waals surface area contributed by atoms with Gasteiger partial charge in [0.25, 0.3) is 0 Å². The Balaban J connectivity index is 1.09. The third kappa shape index (κ3) is 6.26. The van der Waals surface area contributed by atoms with Gasteiger partial charge in [-0.05, 0) is 63.2 Å². The quantitative estimate of drug-likeness (QED) is 0.166. The largest absolute Gasteiger partial charge is 0.455 e. The highest BCUT2D eigenvalue weighted by molar-refractivity contribution is 6.09. The van der Waals surface area contributed by atoms with E-state index in [0.29, 0.717) is 17.5 Å². The minimum absolute atomic E-state index is 0.599. The van der Waals surface area contributed by atoms with Crippen LogP contribution in [0.4, 0.5) is 0 Å². The van der Waals surface area contributed by atoms with Crippen molar-refractivity contribution in [1.82, 2.24) is 15.0 Å². The van der Waals surface area contributed by atoms with Crippen molar-refractivity contribution in [2.75, 3.05) is 0 Å². The van der Waals surface area contributed by atoms with Crippen molar-refractivity contribution in [2.45, 2.75) is 0 Å². The number of para-hydroxylation sites is 2. The molecule has 0 saturated carbocycles. The zero-order valence-electron chi connectivity index (χ0n) is 29.8. The molecule has 0 radical (unpaired) electrons. The molecule has 0 unspecified atom stereocenters. The summed E-state index contributed by atoms with van der Waals surface area (Å²) in [5.41, 5.74) is 13.4. The molecule has 0 spiro atoms. The maximum absolute atomic E-state index is 6.42. The zero-order chi connectivity index (χ0) is 36.6. The average molecular weight is 704 g/mol. The molecule has 0 fully saturated rings. The Morgan fingerprint density at radius 1 is 0.273 bits per heavy atom. The first-order valence-corrected chi connectivity index (χ1v) is 18.4. The van der Waals surface area contributed by atoms with E-state index in [1.54, 1.807) is 0 Å². The lowest BCUT2D eigenvalue weighted by atomic mass is 9.98. The fourth-order valence-electron chi connectivity index (χ4n) is 7.35. The van der Waals surface area contributed by atoms with Gasteiger partial charge in [0.15, 0.2) is 17.5 Å². The molecule has 8 aromatic carbocycles. The minimum atomic E-state index is 0.599. The molecule has 4 nitrogen and oxygen atoms in total. The van der Waals surface area contributed by atoms with Crippen molar-refractivity contribution in [1.29, 1.82) is 0 Å². The second-order valence-electron chi connectivity index (χ2n) is 13.6. The highest BCUT2D eigenvalue weighted by atomic mass is 16.3. The van der Waals surface area contributed by atoms with Crippen LogP contribution in [0.25, 0.3) is 101 Å². The fraction of sp³-hybridized carbons (Fsp3) is 0. The van der Waals surface area contributed by atoms with Gasteiger partial charge in [-0.3, -0.25) is 0 Å². The zero-order valence-corrected chi connectivity index (χ0v) is 29.8. The summed E-state index contributed by atoms with van der Waals surface area (Å²) >= 11 is 0. The number of benzene rings is 8. The molecule has 0 N–H and O–H groups in total. The third-order valence-corrected chi connectivity index (χ3v) is 10.1. The molecule has 258 valence electrons. The van der Waals surface area contributed by atoms with Crippen molar-refractivity contribution in [3.05, 3.63) is 200 Å². The number of hydrogen-bond donors (Lipinski definition) is 0. The Bertz CT molecular complexity index is 2970. The average Bonchev–Trinajstić information content (AvgIpc) is 3.66. The van der Waals surface area contributed by atoms with Crippen LogP contribution in [-0.4, -0.2) is 15.0 Å². The first kappa shape index (κ1) is 32.2. The van der Waals surface area contributed by atoms with Gasteiger partial charge in [-0.15, -0.1) is 0 Å². The lowest BCUT2D eigenvalue weighted by Gasteiger charge is -2.11. The summed E-state index contributed by atoms with van der Waals surface area (Å²) in [5, 5.41) is 2.20. The summed E-state index contributed by atoms with van der Waals surface area (Å²) in [6.45, 7) is 0. The van der Waals surface area contributed by atoms with Crippen LogP contribution in [0.15, 0.2) is 205 Å². The van der Waals surface area contributed by atoms with E-state index in [0.717, 1.165) is 72.0 Å². The van der Waals surface area contributed by atoms with E-state index in [9.17, 15) is 0 Å². The SMILES string of the molecule is c1ccc(-c2ccc(-c3nc(-c4cccc(-c5cccc(-c6ccccc6)c5)c4)nc(-c4cccc(-c5cccc6c5oc5ccccc56)c4)n3)cc2)cc1. The molecule has 0 aliphatic rings. The molecular weight excluding hydrogens is 671 g/mol. The van der Waals surface area contributed by atoms with Crippen LogP contribution >= 0.6 is 0 Å². The van der Waals surface area contributed by atoms with Crippen LogP contribution in [0.3, 0.4) is 0 Å². The molecule has 10 aromatic rings. The summed E-state index contributed by atoms with van der Waals surface area (Å²) in [6.07, 6.45) is 0. The Morgan fingerprint density at radius 3 is 1.33 bits per heavy atom. The maximum atomic E-state index is 6.42. The van der Waals surface area contributed by atoms with E-state index in [1.165, 1.54) is 11.1 Å². The number of rotatable bonds is 7. The predicted molar refractivity (Wildman–Crippen MR) is 225 cm³/mol. The van der Waals surface area contributed by atoms with E-state index in [-0.39, 0.29) is 0 Å². The molecule has 55 heavy (non-hydrogen) atoms. The maximum Gasteiger partial charge on any atom is 0.164 e. The van der Waals surface area contributed by atoms with Crippen LogP contribution in [-0.2, 0) is 0 Å². The van der Waals surface area contributed by atoms with Gasteiger partial charge in [-0.1, -0.05) is 176 Å². The monoisotopic (exact) mass is 703 g/mol. The molecule has 0 saturated heterocycles. The highest BCUT2D eigenvalue weighted by Gasteiger charge is 2.16. The molecule has 2 heterocycles. The first-order chi connectivity index (χ1) is 27.2. The molecule has 0 aliphatic carbocycles. The normalized spacial score (nSPS) is 11.3. The number of aromatic nitrogens is 3. The molecule has 10 rings (SSSR count). The van der Waals surface area contributed by atoms with Crippen LogP contribution in [0.1, 0.15) is 0 Å². The second kappa shape index (κ2) is 13.8. The van der Waals surface area contributed by atoms with E-state index in [4.69, 9.17) is 19.4 Å². The Kier molecular flexibility index (Phi) is 8.12. The molecule has 0 amide bonds.